The van der Waals surface area contributed by atoms with Crippen LogP contribution in [-0.2, 0) is 6.54 Å². The maximum absolute atomic E-state index is 5.71. The van der Waals surface area contributed by atoms with Crippen LogP contribution in [0.2, 0.25) is 0 Å². The molecule has 3 nitrogen and oxygen atoms in total. The van der Waals surface area contributed by atoms with E-state index in [9.17, 15) is 0 Å². The summed E-state index contributed by atoms with van der Waals surface area (Å²) in [5, 5.41) is 4.57. The molecule has 2 saturated carbocycles. The third-order valence-corrected chi connectivity index (χ3v) is 5.05. The molecule has 2 aliphatic rings. The molecule has 120 valence electrons. The van der Waals surface area contributed by atoms with E-state index in [-0.39, 0.29) is 0 Å². The predicted molar refractivity (Wildman–Crippen MR) is 94.2 cm³/mol. The van der Waals surface area contributed by atoms with Crippen molar-refractivity contribution in [3.63, 3.8) is 0 Å². The maximum Gasteiger partial charge on any atom is 0.169 e. The van der Waals surface area contributed by atoms with Gasteiger partial charge in [0, 0.05) is 18.6 Å². The molecule has 0 aromatic heterocycles. The Morgan fingerprint density at radius 3 is 2.41 bits per heavy atom. The molecule has 0 saturated heterocycles. The zero-order chi connectivity index (χ0) is 15.4. The number of nitrogens with zero attached hydrogens (tertiary/aromatic N) is 1. The maximum atomic E-state index is 5.71. The highest BCUT2D eigenvalue weighted by Crippen LogP contribution is 2.29. The molecule has 2 fully saturated rings. The van der Waals surface area contributed by atoms with Crippen LogP contribution in [0.25, 0.3) is 0 Å². The molecule has 0 bridgehead atoms. The number of ether oxygens (including phenoxy) is 1. The van der Waals surface area contributed by atoms with Crippen molar-refractivity contribution in [1.29, 1.82) is 0 Å². The molecule has 0 amide bonds. The van der Waals surface area contributed by atoms with Crippen LogP contribution in [0.1, 0.15) is 50.5 Å². The van der Waals surface area contributed by atoms with Gasteiger partial charge in [-0.2, -0.15) is 0 Å². The molecule has 1 N–H and O–H groups in total. The second-order valence-corrected chi connectivity index (χ2v) is 6.88. The van der Waals surface area contributed by atoms with Crippen LogP contribution in [0.15, 0.2) is 24.3 Å². The highest BCUT2D eigenvalue weighted by Gasteiger charge is 2.31. The molecular formula is C18H26N2OS. The van der Waals surface area contributed by atoms with E-state index in [4.69, 9.17) is 17.0 Å². The number of benzene rings is 1. The zero-order valence-corrected chi connectivity index (χ0v) is 14.2. The summed E-state index contributed by atoms with van der Waals surface area (Å²) < 4.78 is 5.23. The zero-order valence-electron chi connectivity index (χ0n) is 13.4. The Morgan fingerprint density at radius 2 is 1.82 bits per heavy atom. The third-order valence-electron chi connectivity index (χ3n) is 4.69. The number of rotatable bonds is 5. The number of hydrogen-bond acceptors (Lipinski definition) is 2. The smallest absolute Gasteiger partial charge is 0.169 e. The molecule has 0 spiro atoms. The first-order valence-corrected chi connectivity index (χ1v) is 8.87. The van der Waals surface area contributed by atoms with Gasteiger partial charge < -0.3 is 15.0 Å². The van der Waals surface area contributed by atoms with Crippen LogP contribution < -0.4 is 10.1 Å². The first kappa shape index (κ1) is 15.6. The van der Waals surface area contributed by atoms with Gasteiger partial charge in [0.1, 0.15) is 5.75 Å². The number of hydrogen-bond donors (Lipinski definition) is 1. The fourth-order valence-corrected chi connectivity index (χ4v) is 3.57. The minimum absolute atomic E-state index is 0.582. The Balaban J connectivity index is 1.60. The first-order chi connectivity index (χ1) is 10.8. The standard InChI is InChI=1S/C18H26N2OS/c1-21-17-11-7-14(8-12-17)13-20(16-9-10-16)18(22)19-15-5-3-2-4-6-15/h7-8,11-12,15-16H,2-6,9-10,13H2,1H3,(H,19,22). The van der Waals surface area contributed by atoms with Crippen molar-refractivity contribution in [2.75, 3.05) is 7.11 Å². The predicted octanol–water partition coefficient (Wildman–Crippen LogP) is 3.87. The van der Waals surface area contributed by atoms with Crippen LogP contribution in [0.5, 0.6) is 5.75 Å². The van der Waals surface area contributed by atoms with Gasteiger partial charge in [-0.25, -0.2) is 0 Å². The van der Waals surface area contributed by atoms with Crippen LogP contribution in [0, 0.1) is 0 Å². The van der Waals surface area contributed by atoms with Crippen molar-refractivity contribution in [3.05, 3.63) is 29.8 Å². The highest BCUT2D eigenvalue weighted by molar-refractivity contribution is 7.80. The van der Waals surface area contributed by atoms with E-state index < -0.39 is 0 Å². The van der Waals surface area contributed by atoms with Crippen LogP contribution >= 0.6 is 12.2 Å². The molecule has 0 aliphatic heterocycles. The Morgan fingerprint density at radius 1 is 1.14 bits per heavy atom. The van der Waals surface area contributed by atoms with Gasteiger partial charge in [-0.15, -0.1) is 0 Å². The first-order valence-electron chi connectivity index (χ1n) is 8.46. The summed E-state index contributed by atoms with van der Waals surface area (Å²) in [7, 11) is 1.70. The number of thiocarbonyl (C=S) groups is 1. The molecule has 3 rings (SSSR count). The van der Waals surface area contributed by atoms with Gasteiger partial charge in [0.2, 0.25) is 0 Å². The van der Waals surface area contributed by atoms with E-state index >= 15 is 0 Å². The average molecular weight is 318 g/mol. The van der Waals surface area contributed by atoms with Crippen molar-refractivity contribution in [3.8, 4) is 5.75 Å². The normalized spacial score (nSPS) is 18.8. The fourth-order valence-electron chi connectivity index (χ4n) is 3.19. The topological polar surface area (TPSA) is 24.5 Å². The van der Waals surface area contributed by atoms with Crippen molar-refractivity contribution >= 4 is 17.3 Å². The van der Waals surface area contributed by atoms with E-state index in [0.29, 0.717) is 12.1 Å². The highest BCUT2D eigenvalue weighted by atomic mass is 32.1. The summed E-state index contributed by atoms with van der Waals surface area (Å²) in [6, 6.07) is 9.54. The van der Waals surface area contributed by atoms with Crippen molar-refractivity contribution in [2.45, 2.75) is 63.6 Å². The molecule has 0 radical (unpaired) electrons. The van der Waals surface area contributed by atoms with Gasteiger partial charge in [-0.05, 0) is 55.6 Å². The van der Waals surface area contributed by atoms with Gasteiger partial charge in [-0.3, -0.25) is 0 Å². The Labute approximate surface area is 139 Å². The van der Waals surface area contributed by atoms with Gasteiger partial charge in [0.05, 0.1) is 7.11 Å². The molecular weight excluding hydrogens is 292 g/mol. The number of methoxy groups -OCH3 is 1. The molecule has 1 aromatic rings. The second-order valence-electron chi connectivity index (χ2n) is 6.49. The van der Waals surface area contributed by atoms with Crippen molar-refractivity contribution in [2.24, 2.45) is 0 Å². The third kappa shape index (κ3) is 4.13. The van der Waals surface area contributed by atoms with Crippen molar-refractivity contribution < 1.29 is 4.74 Å². The molecule has 0 heterocycles. The molecule has 22 heavy (non-hydrogen) atoms. The Hall–Kier alpha value is -1.29. The lowest BCUT2D eigenvalue weighted by atomic mass is 9.96. The summed E-state index contributed by atoms with van der Waals surface area (Å²) in [6.07, 6.45) is 9.11. The van der Waals surface area contributed by atoms with Crippen LogP contribution in [0.3, 0.4) is 0 Å². The quantitative estimate of drug-likeness (QED) is 0.833. The van der Waals surface area contributed by atoms with E-state index in [2.05, 4.69) is 22.3 Å². The SMILES string of the molecule is COc1ccc(CN(C(=S)NC2CCCCC2)C2CC2)cc1. The molecule has 0 unspecified atom stereocenters. The summed E-state index contributed by atoms with van der Waals surface area (Å²) in [5.41, 5.74) is 1.29. The van der Waals surface area contributed by atoms with Crippen LogP contribution in [0.4, 0.5) is 0 Å². The van der Waals surface area contributed by atoms with Crippen molar-refractivity contribution in [1.82, 2.24) is 10.2 Å². The minimum atomic E-state index is 0.582. The van der Waals surface area contributed by atoms with Gasteiger partial charge in [0.25, 0.3) is 0 Å². The van der Waals surface area contributed by atoms with E-state index in [1.54, 1.807) is 7.11 Å². The lowest BCUT2D eigenvalue weighted by molar-refractivity contribution is 0.361. The fraction of sp³-hybridized carbons (Fsp3) is 0.611. The van der Waals surface area contributed by atoms with E-state index in [1.807, 2.05) is 12.1 Å². The van der Waals surface area contributed by atoms with Gasteiger partial charge in [0.15, 0.2) is 5.11 Å². The van der Waals surface area contributed by atoms with Gasteiger partial charge in [-0.1, -0.05) is 31.4 Å². The minimum Gasteiger partial charge on any atom is -0.497 e. The van der Waals surface area contributed by atoms with Gasteiger partial charge >= 0.3 is 0 Å². The summed E-state index contributed by atoms with van der Waals surface area (Å²) >= 11 is 5.71. The molecule has 1 aromatic carbocycles. The summed E-state index contributed by atoms with van der Waals surface area (Å²) in [4.78, 5) is 2.38. The Bertz CT molecular complexity index is 492. The average Bonchev–Trinajstić information content (AvgIpc) is 3.39. The van der Waals surface area contributed by atoms with Crippen LogP contribution in [-0.4, -0.2) is 29.2 Å². The monoisotopic (exact) mass is 318 g/mol. The molecule has 2 aliphatic carbocycles. The Kier molecular flexibility index (Phi) is 5.19. The molecule has 0 atom stereocenters. The van der Waals surface area contributed by atoms with E-state index in [0.717, 1.165) is 17.4 Å². The molecule has 4 heteroatoms. The lowest BCUT2D eigenvalue weighted by Crippen LogP contribution is -2.45. The summed E-state index contributed by atoms with van der Waals surface area (Å²) in [5.74, 6) is 0.907. The second kappa shape index (κ2) is 7.32. The number of nitrogens with one attached hydrogen (secondary N) is 1. The van der Waals surface area contributed by atoms with E-state index in [1.165, 1.54) is 50.5 Å². The lowest BCUT2D eigenvalue weighted by Gasteiger charge is -2.31. The largest absolute Gasteiger partial charge is 0.497 e. The summed E-state index contributed by atoms with van der Waals surface area (Å²) in [6.45, 7) is 0.896.